The second kappa shape index (κ2) is 5.19. The van der Waals surface area contributed by atoms with E-state index in [0.717, 1.165) is 23.8 Å². The van der Waals surface area contributed by atoms with Crippen molar-refractivity contribution in [2.45, 2.75) is 44.2 Å². The van der Waals surface area contributed by atoms with E-state index in [1.165, 1.54) is 25.7 Å². The molecule has 2 aliphatic rings. The molecule has 1 heterocycles. The molecule has 1 aliphatic heterocycles. The Morgan fingerprint density at radius 3 is 2.67 bits per heavy atom. The summed E-state index contributed by atoms with van der Waals surface area (Å²) in [6.45, 7) is 0.574. The molecule has 98 valence electrons. The number of rotatable bonds is 3. The molecule has 1 aromatic rings. The van der Waals surface area contributed by atoms with Crippen LogP contribution in [0.25, 0.3) is 0 Å². The second-order valence-electron chi connectivity index (χ2n) is 5.46. The SMILES string of the molecule is NC(CC1CCCC1)C1COc2ccccc2O1. The average molecular weight is 247 g/mol. The lowest BCUT2D eigenvalue weighted by atomic mass is 9.95. The van der Waals surface area contributed by atoms with Crippen LogP contribution in [0.15, 0.2) is 24.3 Å². The lowest BCUT2D eigenvalue weighted by Crippen LogP contribution is -2.45. The predicted octanol–water partition coefficient (Wildman–Crippen LogP) is 2.73. The maximum Gasteiger partial charge on any atom is 0.161 e. The topological polar surface area (TPSA) is 44.5 Å². The minimum atomic E-state index is 0.000463. The van der Waals surface area contributed by atoms with Crippen molar-refractivity contribution >= 4 is 0 Å². The Kier molecular flexibility index (Phi) is 3.41. The summed E-state index contributed by atoms with van der Waals surface area (Å²) in [6, 6.07) is 7.90. The zero-order valence-corrected chi connectivity index (χ0v) is 10.7. The summed E-state index contributed by atoms with van der Waals surface area (Å²) in [5, 5.41) is 0. The van der Waals surface area contributed by atoms with E-state index < -0.39 is 0 Å². The first kappa shape index (κ1) is 11.8. The van der Waals surface area contributed by atoms with Crippen LogP contribution in [0.1, 0.15) is 32.1 Å². The van der Waals surface area contributed by atoms with Crippen LogP contribution in [0.4, 0.5) is 0 Å². The van der Waals surface area contributed by atoms with E-state index in [0.29, 0.717) is 6.61 Å². The molecule has 3 nitrogen and oxygen atoms in total. The highest BCUT2D eigenvalue weighted by Gasteiger charge is 2.29. The second-order valence-corrected chi connectivity index (χ2v) is 5.46. The molecular formula is C15H21NO2. The van der Waals surface area contributed by atoms with Crippen LogP contribution in [-0.2, 0) is 0 Å². The Hall–Kier alpha value is -1.22. The lowest BCUT2D eigenvalue weighted by molar-refractivity contribution is 0.0659. The van der Waals surface area contributed by atoms with Gasteiger partial charge in [0, 0.05) is 6.04 Å². The minimum Gasteiger partial charge on any atom is -0.486 e. The van der Waals surface area contributed by atoms with Crippen LogP contribution in [0.5, 0.6) is 11.5 Å². The van der Waals surface area contributed by atoms with Gasteiger partial charge in [-0.3, -0.25) is 0 Å². The number of hydrogen-bond acceptors (Lipinski definition) is 3. The minimum absolute atomic E-state index is 0.000463. The summed E-state index contributed by atoms with van der Waals surface area (Å²) in [4.78, 5) is 0. The van der Waals surface area contributed by atoms with E-state index in [1.807, 2.05) is 24.3 Å². The third-order valence-electron chi connectivity index (χ3n) is 4.09. The van der Waals surface area contributed by atoms with Gasteiger partial charge in [-0.15, -0.1) is 0 Å². The van der Waals surface area contributed by atoms with Gasteiger partial charge >= 0.3 is 0 Å². The Morgan fingerprint density at radius 2 is 1.89 bits per heavy atom. The largest absolute Gasteiger partial charge is 0.486 e. The normalized spacial score (nSPS) is 25.1. The van der Waals surface area contributed by atoms with E-state index in [-0.39, 0.29) is 12.1 Å². The van der Waals surface area contributed by atoms with Crippen molar-refractivity contribution in [2.24, 2.45) is 11.7 Å². The standard InChI is InChI=1S/C15H21NO2/c16-12(9-11-5-1-2-6-11)15-10-17-13-7-3-4-8-14(13)18-15/h3-4,7-8,11-12,15H,1-2,5-6,9-10,16H2. The number of ether oxygens (including phenoxy) is 2. The Morgan fingerprint density at radius 1 is 1.17 bits per heavy atom. The van der Waals surface area contributed by atoms with Gasteiger partial charge in [-0.25, -0.2) is 0 Å². The molecule has 0 spiro atoms. The summed E-state index contributed by atoms with van der Waals surface area (Å²) in [7, 11) is 0. The fourth-order valence-corrected chi connectivity index (χ4v) is 3.03. The highest BCUT2D eigenvalue weighted by Crippen LogP contribution is 2.33. The maximum atomic E-state index is 6.28. The zero-order valence-electron chi connectivity index (χ0n) is 10.7. The molecule has 0 aromatic heterocycles. The Balaban J connectivity index is 1.60. The number of nitrogens with two attached hydrogens (primary N) is 1. The van der Waals surface area contributed by atoms with Crippen LogP contribution < -0.4 is 15.2 Å². The van der Waals surface area contributed by atoms with Crippen molar-refractivity contribution in [1.82, 2.24) is 0 Å². The van der Waals surface area contributed by atoms with Crippen molar-refractivity contribution < 1.29 is 9.47 Å². The quantitative estimate of drug-likeness (QED) is 0.893. The lowest BCUT2D eigenvalue weighted by Gasteiger charge is -2.31. The van der Waals surface area contributed by atoms with Crippen LogP contribution in [0.2, 0.25) is 0 Å². The van der Waals surface area contributed by atoms with Crippen molar-refractivity contribution in [2.75, 3.05) is 6.61 Å². The molecule has 0 bridgehead atoms. The van der Waals surface area contributed by atoms with Gasteiger partial charge in [0.05, 0.1) is 0 Å². The van der Waals surface area contributed by atoms with Crippen LogP contribution in [0.3, 0.4) is 0 Å². The first-order chi connectivity index (χ1) is 8.83. The molecule has 0 amide bonds. The number of fused-ring (bicyclic) bond motifs is 1. The monoisotopic (exact) mass is 247 g/mol. The van der Waals surface area contributed by atoms with Crippen LogP contribution >= 0.6 is 0 Å². The molecule has 1 aromatic carbocycles. The number of para-hydroxylation sites is 2. The fourth-order valence-electron chi connectivity index (χ4n) is 3.03. The molecule has 0 saturated heterocycles. The third kappa shape index (κ3) is 2.46. The molecule has 1 saturated carbocycles. The van der Waals surface area contributed by atoms with E-state index >= 15 is 0 Å². The summed E-state index contributed by atoms with van der Waals surface area (Å²) in [6.07, 6.45) is 6.46. The van der Waals surface area contributed by atoms with Gasteiger partial charge in [-0.2, -0.15) is 0 Å². The van der Waals surface area contributed by atoms with Crippen LogP contribution in [-0.4, -0.2) is 18.8 Å². The van der Waals surface area contributed by atoms with Gasteiger partial charge in [-0.1, -0.05) is 37.8 Å². The predicted molar refractivity (Wildman–Crippen MR) is 70.9 cm³/mol. The highest BCUT2D eigenvalue weighted by atomic mass is 16.6. The van der Waals surface area contributed by atoms with Gasteiger partial charge in [0.1, 0.15) is 12.7 Å². The molecule has 2 N–H and O–H groups in total. The summed E-state index contributed by atoms with van der Waals surface area (Å²) >= 11 is 0. The fraction of sp³-hybridized carbons (Fsp3) is 0.600. The number of hydrogen-bond donors (Lipinski definition) is 1. The van der Waals surface area contributed by atoms with Crippen molar-refractivity contribution in [3.8, 4) is 11.5 Å². The van der Waals surface area contributed by atoms with Crippen molar-refractivity contribution in [3.05, 3.63) is 24.3 Å². The van der Waals surface area contributed by atoms with E-state index in [2.05, 4.69) is 0 Å². The molecular weight excluding hydrogens is 226 g/mol. The third-order valence-corrected chi connectivity index (χ3v) is 4.09. The smallest absolute Gasteiger partial charge is 0.161 e. The molecule has 3 rings (SSSR count). The summed E-state index contributed by atoms with van der Waals surface area (Å²) < 4.78 is 11.7. The molecule has 1 fully saturated rings. The first-order valence-electron chi connectivity index (χ1n) is 6.97. The van der Waals surface area contributed by atoms with Gasteiger partial charge in [0.2, 0.25) is 0 Å². The highest BCUT2D eigenvalue weighted by molar-refractivity contribution is 5.40. The summed E-state index contributed by atoms with van der Waals surface area (Å²) in [5.74, 6) is 2.46. The molecule has 2 unspecified atom stereocenters. The molecule has 3 heteroatoms. The van der Waals surface area contributed by atoms with E-state index in [4.69, 9.17) is 15.2 Å². The Bertz CT molecular complexity index is 401. The van der Waals surface area contributed by atoms with Crippen molar-refractivity contribution in [3.63, 3.8) is 0 Å². The molecule has 2 atom stereocenters. The molecule has 1 aliphatic carbocycles. The zero-order chi connectivity index (χ0) is 12.4. The van der Waals surface area contributed by atoms with Crippen molar-refractivity contribution in [1.29, 1.82) is 0 Å². The van der Waals surface area contributed by atoms with Gasteiger partial charge in [0.15, 0.2) is 11.5 Å². The van der Waals surface area contributed by atoms with Gasteiger partial charge in [-0.05, 0) is 24.5 Å². The van der Waals surface area contributed by atoms with Gasteiger partial charge < -0.3 is 15.2 Å². The average Bonchev–Trinajstić information content (AvgIpc) is 2.91. The van der Waals surface area contributed by atoms with Crippen LogP contribution in [0, 0.1) is 5.92 Å². The summed E-state index contributed by atoms with van der Waals surface area (Å²) in [5.41, 5.74) is 6.28. The number of benzene rings is 1. The van der Waals surface area contributed by atoms with E-state index in [9.17, 15) is 0 Å². The maximum absolute atomic E-state index is 6.28. The molecule has 0 radical (unpaired) electrons. The van der Waals surface area contributed by atoms with E-state index in [1.54, 1.807) is 0 Å². The first-order valence-corrected chi connectivity index (χ1v) is 6.97. The van der Waals surface area contributed by atoms with Gasteiger partial charge in [0.25, 0.3) is 0 Å². The molecule has 18 heavy (non-hydrogen) atoms. The Labute approximate surface area is 108 Å².